The first kappa shape index (κ1) is 7.24. The van der Waals surface area contributed by atoms with Crippen LogP contribution in [0.25, 0.3) is 0 Å². The maximum atomic E-state index is 8.61. The molecule has 1 nitrogen and oxygen atoms in total. The van der Waals surface area contributed by atoms with Crippen molar-refractivity contribution in [2.45, 2.75) is 6.61 Å². The Morgan fingerprint density at radius 1 is 1.75 bits per heavy atom. The molecule has 1 aromatic heterocycles. The molecule has 0 aliphatic carbocycles. The summed E-state index contributed by atoms with van der Waals surface area (Å²) in [5, 5.41) is 8.61. The third-order valence-electron chi connectivity index (χ3n) is 0.657. The van der Waals surface area contributed by atoms with Crippen molar-refractivity contribution in [2.75, 3.05) is 0 Å². The molecule has 8 heavy (non-hydrogen) atoms. The van der Waals surface area contributed by atoms with Crippen LogP contribution in [0.2, 0.25) is 0 Å². The van der Waals surface area contributed by atoms with Gasteiger partial charge in [-0.3, -0.25) is 0 Å². The van der Waals surface area contributed by atoms with Gasteiger partial charge in [0, 0.05) is 0 Å². The van der Waals surface area contributed by atoms with Crippen LogP contribution in [-0.4, -0.2) is 49.7 Å². The van der Waals surface area contributed by atoms with E-state index in [0.29, 0.717) is 29.0 Å². The second-order valence-electron chi connectivity index (χ2n) is 1.21. The average Bonchev–Trinajstić information content (AvgIpc) is 2.14. The molecule has 1 aromatic rings. The van der Waals surface area contributed by atoms with E-state index in [2.05, 4.69) is 20.5 Å². The van der Waals surface area contributed by atoms with Crippen molar-refractivity contribution in [3.8, 4) is 0 Å². The molecule has 0 atom stereocenters. The third kappa shape index (κ3) is 1.82. The number of hydrogen-bond acceptors (Lipinski definition) is 1. The average molecular weight is 305 g/mol. The summed E-state index contributed by atoms with van der Waals surface area (Å²) in [5.41, 5.74) is 0. The van der Waals surface area contributed by atoms with Gasteiger partial charge in [0.1, 0.15) is 0 Å². The molecule has 0 bridgehead atoms. The van der Waals surface area contributed by atoms with Crippen LogP contribution in [0.15, 0.2) is 4.94 Å². The summed E-state index contributed by atoms with van der Waals surface area (Å²) in [6, 6.07) is 0. The van der Waals surface area contributed by atoms with E-state index in [1.54, 1.807) is 0 Å². The molecule has 0 aliphatic rings. The summed E-state index contributed by atoms with van der Waals surface area (Å²) in [4.78, 5) is 2.17. The quantitative estimate of drug-likeness (QED) is 0.660. The molecule has 0 unspecified atom stereocenters. The van der Waals surface area contributed by atoms with Gasteiger partial charge in [-0.05, 0) is 0 Å². The van der Waals surface area contributed by atoms with Crippen LogP contribution in [0.4, 0.5) is 0 Å². The van der Waals surface area contributed by atoms with Gasteiger partial charge in [0.25, 0.3) is 0 Å². The molecule has 0 saturated carbocycles. The van der Waals surface area contributed by atoms with E-state index in [1.165, 1.54) is 6.25 Å². The fraction of sp³-hybridized carbons (Fsp3) is 0.250. The van der Waals surface area contributed by atoms with Crippen molar-refractivity contribution in [3.63, 3.8) is 0 Å². The molecule has 0 fully saturated rings. The molecular weight excluding hydrogens is 301 g/mol. The maximum absolute atomic E-state index is 8.61. The first-order chi connectivity index (χ1) is 3.83. The van der Waals surface area contributed by atoms with Gasteiger partial charge < -0.3 is 0 Å². The number of aliphatic hydroxyl groups excluding tert-OH is 1. The van der Waals surface area contributed by atoms with Crippen LogP contribution in [-0.2, 0) is 6.61 Å². The Balaban J connectivity index is 3.01. The predicted molar refractivity (Wildman–Crippen MR) is 35.2 cm³/mol. The van der Waals surface area contributed by atoms with Gasteiger partial charge >= 0.3 is 67.5 Å². The van der Waals surface area contributed by atoms with Crippen molar-refractivity contribution in [2.24, 2.45) is 0 Å². The summed E-state index contributed by atoms with van der Waals surface area (Å²) in [7, 11) is 0. The van der Waals surface area contributed by atoms with E-state index >= 15 is 0 Å². The van der Waals surface area contributed by atoms with Gasteiger partial charge in [-0.15, -0.1) is 0 Å². The normalized spacial score (nSPS) is 9.62. The molecule has 1 rings (SSSR count). The van der Waals surface area contributed by atoms with Crippen LogP contribution in [0.3, 0.4) is 0 Å². The number of rotatable bonds is 1. The molecule has 0 saturated heterocycles. The summed E-state index contributed by atoms with van der Waals surface area (Å²) < 4.78 is 2.71. The second kappa shape index (κ2) is 3.34. The monoisotopic (exact) mass is 308 g/mol. The first-order valence-corrected chi connectivity index (χ1v) is 6.43. The summed E-state index contributed by atoms with van der Waals surface area (Å²) in [6.45, 7) is 0.271. The second-order valence-corrected chi connectivity index (χ2v) is 10.2. The number of aliphatic hydroxyl groups is 1. The zero-order valence-electron chi connectivity index (χ0n) is 3.96. The molecule has 1 heterocycles. The Hall–Kier alpha value is 1.13. The van der Waals surface area contributed by atoms with E-state index < -0.39 is 0 Å². The van der Waals surface area contributed by atoms with E-state index in [9.17, 15) is 0 Å². The minimum atomic E-state index is 0.271. The Kier molecular flexibility index (Phi) is 3.02. The van der Waals surface area contributed by atoms with Crippen molar-refractivity contribution in [1.29, 1.82) is 0 Å². The summed E-state index contributed by atoms with van der Waals surface area (Å²) in [6.07, 6.45) is 0. The Bertz CT molecular complexity index is 211. The van der Waals surface area contributed by atoms with E-state index in [0.717, 1.165) is 0 Å². The van der Waals surface area contributed by atoms with Crippen LogP contribution >= 0.6 is 0 Å². The van der Waals surface area contributed by atoms with Crippen LogP contribution in [0, 0.1) is 1.81 Å². The Labute approximate surface area is 67.2 Å². The zero-order valence-corrected chi connectivity index (χ0v) is 9.10. The fourth-order valence-corrected chi connectivity index (χ4v) is 6.72. The molecule has 1 N–H and O–H groups in total. The molecular formula is C4H4OSe3. The van der Waals surface area contributed by atoms with Crippen molar-refractivity contribution < 1.29 is 5.11 Å². The Morgan fingerprint density at radius 3 is 2.75 bits per heavy atom. The molecule has 0 amide bonds. The standard InChI is InChI=1S/C4H4OSe3/c5-1-3-2-7-4(6)8-3/h2,5H,1H2. The van der Waals surface area contributed by atoms with Gasteiger partial charge in [0.2, 0.25) is 0 Å². The molecule has 4 heteroatoms. The van der Waals surface area contributed by atoms with Gasteiger partial charge in [0.15, 0.2) is 0 Å². The van der Waals surface area contributed by atoms with E-state index in [4.69, 9.17) is 5.11 Å². The number of hydrogen-bond donors (Lipinski definition) is 1. The fourth-order valence-electron chi connectivity index (χ4n) is 0.339. The zero-order chi connectivity index (χ0) is 5.98. The Morgan fingerprint density at radius 2 is 2.50 bits per heavy atom. The SMILES string of the molecule is OCc1c[se]c(=[Se])[se]1. The van der Waals surface area contributed by atoms with Gasteiger partial charge in [-0.2, -0.15) is 0 Å². The molecule has 0 radical (unpaired) electrons. The predicted octanol–water partition coefficient (Wildman–Crippen LogP) is -1.01. The molecule has 0 aromatic carbocycles. The topological polar surface area (TPSA) is 20.2 Å². The van der Waals surface area contributed by atoms with Crippen LogP contribution < -0.4 is 0 Å². The van der Waals surface area contributed by atoms with Crippen LogP contribution in [0.5, 0.6) is 0 Å². The molecule has 0 spiro atoms. The van der Waals surface area contributed by atoms with E-state index in [-0.39, 0.29) is 6.61 Å². The van der Waals surface area contributed by atoms with Crippen molar-refractivity contribution >= 4 is 44.6 Å². The summed E-state index contributed by atoms with van der Waals surface area (Å²) in [5.74, 6) is 0. The van der Waals surface area contributed by atoms with Gasteiger partial charge in [-0.1, -0.05) is 0 Å². The van der Waals surface area contributed by atoms with Gasteiger partial charge in [0.05, 0.1) is 0 Å². The van der Waals surface area contributed by atoms with Crippen molar-refractivity contribution in [3.05, 3.63) is 11.2 Å². The first-order valence-electron chi connectivity index (χ1n) is 2.01. The van der Waals surface area contributed by atoms with Crippen LogP contribution in [0.1, 0.15) is 4.44 Å². The minimum absolute atomic E-state index is 0.271. The molecule has 44 valence electrons. The van der Waals surface area contributed by atoms with E-state index in [1.807, 2.05) is 0 Å². The molecule has 0 aliphatic heterocycles. The van der Waals surface area contributed by atoms with Crippen molar-refractivity contribution in [1.82, 2.24) is 0 Å². The summed E-state index contributed by atoms with van der Waals surface area (Å²) >= 11 is 4.07. The van der Waals surface area contributed by atoms with Gasteiger partial charge in [-0.25, -0.2) is 0 Å². The third-order valence-corrected chi connectivity index (χ3v) is 7.99.